The second-order valence-electron chi connectivity index (χ2n) is 4.71. The van der Waals surface area contributed by atoms with Gasteiger partial charge in [0.25, 0.3) is 0 Å². The second-order valence-corrected chi connectivity index (χ2v) is 4.71. The molecule has 0 aliphatic carbocycles. The van der Waals surface area contributed by atoms with E-state index in [9.17, 15) is 4.79 Å². The first-order valence-electron chi connectivity index (χ1n) is 6.51. The molecule has 0 bridgehead atoms. The van der Waals surface area contributed by atoms with Gasteiger partial charge < -0.3 is 14.9 Å². The molecule has 5 heteroatoms. The predicted octanol–water partition coefficient (Wildman–Crippen LogP) is 2.36. The van der Waals surface area contributed by atoms with Crippen molar-refractivity contribution in [3.05, 3.63) is 46.8 Å². The average molecular weight is 274 g/mol. The number of nitrogens with zero attached hydrogens (tertiary/aromatic N) is 1. The highest BCUT2D eigenvalue weighted by atomic mass is 16.5. The number of rotatable bonds is 5. The van der Waals surface area contributed by atoms with Crippen LogP contribution in [0.25, 0.3) is 0 Å². The number of aryl methyl sites for hydroxylation is 2. The molecule has 1 heterocycles. The maximum absolute atomic E-state index is 11.9. The number of nitrogens with one attached hydrogen (secondary N) is 1. The lowest BCUT2D eigenvalue weighted by Gasteiger charge is -2.06. The van der Waals surface area contributed by atoms with Crippen molar-refractivity contribution in [2.75, 3.05) is 5.32 Å². The zero-order chi connectivity index (χ0) is 14.5. The summed E-state index contributed by atoms with van der Waals surface area (Å²) < 4.78 is 5.07. The van der Waals surface area contributed by atoms with E-state index in [4.69, 9.17) is 9.63 Å². The maximum atomic E-state index is 11.9. The van der Waals surface area contributed by atoms with Crippen molar-refractivity contribution in [1.82, 2.24) is 5.16 Å². The molecule has 0 spiro atoms. The number of hydrogen-bond acceptors (Lipinski definition) is 4. The quantitative estimate of drug-likeness (QED) is 0.877. The molecule has 5 nitrogen and oxygen atoms in total. The Balaban J connectivity index is 1.89. The molecule has 2 N–H and O–H groups in total. The Labute approximate surface area is 117 Å². The fourth-order valence-electron chi connectivity index (χ4n) is 2.01. The molecule has 0 fully saturated rings. The summed E-state index contributed by atoms with van der Waals surface area (Å²) in [7, 11) is 0. The number of aliphatic hydroxyl groups is 1. The van der Waals surface area contributed by atoms with E-state index in [1.807, 2.05) is 13.8 Å². The van der Waals surface area contributed by atoms with E-state index in [-0.39, 0.29) is 12.5 Å². The Hall–Kier alpha value is -2.14. The highest BCUT2D eigenvalue weighted by molar-refractivity contribution is 5.90. The Kier molecular flexibility index (Phi) is 4.53. The minimum atomic E-state index is -0.0539. The first-order valence-corrected chi connectivity index (χ1v) is 6.51. The third-order valence-electron chi connectivity index (χ3n) is 3.20. The molecule has 0 aliphatic rings. The van der Waals surface area contributed by atoms with Crippen LogP contribution in [0.15, 0.2) is 28.8 Å². The molecule has 0 saturated carbocycles. The molecule has 0 unspecified atom stereocenters. The molecule has 20 heavy (non-hydrogen) atoms. The fraction of sp³-hybridized carbons (Fsp3) is 0.333. The van der Waals surface area contributed by atoms with Gasteiger partial charge in [-0.15, -0.1) is 0 Å². The Bertz CT molecular complexity index is 568. The number of benzene rings is 1. The third-order valence-corrected chi connectivity index (χ3v) is 3.20. The van der Waals surface area contributed by atoms with Gasteiger partial charge in [-0.05, 0) is 38.0 Å². The number of anilines is 1. The first kappa shape index (κ1) is 14.3. The van der Waals surface area contributed by atoms with Gasteiger partial charge in [-0.3, -0.25) is 4.79 Å². The molecule has 106 valence electrons. The lowest BCUT2D eigenvalue weighted by molar-refractivity contribution is -0.116. The molecule has 1 aromatic carbocycles. The van der Waals surface area contributed by atoms with Gasteiger partial charge in [0.1, 0.15) is 5.76 Å². The van der Waals surface area contributed by atoms with Crippen LogP contribution in [-0.4, -0.2) is 16.2 Å². The summed E-state index contributed by atoms with van der Waals surface area (Å²) >= 11 is 0. The summed E-state index contributed by atoms with van der Waals surface area (Å²) in [5.41, 5.74) is 3.38. The van der Waals surface area contributed by atoms with Gasteiger partial charge in [0.05, 0.1) is 12.3 Å². The van der Waals surface area contributed by atoms with Crippen LogP contribution in [0.2, 0.25) is 0 Å². The standard InChI is InChI=1S/C15H18N2O3/c1-10-14(11(2)20-17-10)7-8-15(19)16-13-5-3-12(9-18)4-6-13/h3-6,18H,7-9H2,1-2H3,(H,16,19). The van der Waals surface area contributed by atoms with Crippen molar-refractivity contribution in [3.8, 4) is 0 Å². The molecule has 1 amide bonds. The van der Waals surface area contributed by atoms with Crippen LogP contribution in [-0.2, 0) is 17.8 Å². The van der Waals surface area contributed by atoms with Crippen molar-refractivity contribution in [2.45, 2.75) is 33.3 Å². The van der Waals surface area contributed by atoms with Crippen LogP contribution in [0.4, 0.5) is 5.69 Å². The molecular weight excluding hydrogens is 256 g/mol. The highest BCUT2D eigenvalue weighted by Gasteiger charge is 2.11. The summed E-state index contributed by atoms with van der Waals surface area (Å²) in [5.74, 6) is 0.712. The smallest absolute Gasteiger partial charge is 0.224 e. The average Bonchev–Trinajstić information content (AvgIpc) is 2.77. The van der Waals surface area contributed by atoms with E-state index in [2.05, 4.69) is 10.5 Å². The van der Waals surface area contributed by atoms with E-state index in [1.165, 1.54) is 0 Å². The van der Waals surface area contributed by atoms with Gasteiger partial charge in [0, 0.05) is 17.7 Å². The number of carbonyl (C=O) groups is 1. The molecule has 0 radical (unpaired) electrons. The maximum Gasteiger partial charge on any atom is 0.224 e. The van der Waals surface area contributed by atoms with Gasteiger partial charge >= 0.3 is 0 Å². The SMILES string of the molecule is Cc1noc(C)c1CCC(=O)Nc1ccc(CO)cc1. The number of amides is 1. The minimum absolute atomic E-state index is 0.000267. The fourth-order valence-corrected chi connectivity index (χ4v) is 2.01. The second kappa shape index (κ2) is 6.34. The van der Waals surface area contributed by atoms with Crippen molar-refractivity contribution in [1.29, 1.82) is 0 Å². The van der Waals surface area contributed by atoms with Crippen LogP contribution in [0.3, 0.4) is 0 Å². The van der Waals surface area contributed by atoms with Gasteiger partial charge in [0.15, 0.2) is 0 Å². The lowest BCUT2D eigenvalue weighted by atomic mass is 10.1. The van der Waals surface area contributed by atoms with Gasteiger partial charge in [-0.25, -0.2) is 0 Å². The molecule has 0 atom stereocenters. The normalized spacial score (nSPS) is 10.6. The van der Waals surface area contributed by atoms with E-state index < -0.39 is 0 Å². The molecule has 1 aromatic heterocycles. The predicted molar refractivity (Wildman–Crippen MR) is 75.3 cm³/mol. The monoisotopic (exact) mass is 274 g/mol. The minimum Gasteiger partial charge on any atom is -0.392 e. The summed E-state index contributed by atoms with van der Waals surface area (Å²) in [6, 6.07) is 7.12. The van der Waals surface area contributed by atoms with Gasteiger partial charge in [0.2, 0.25) is 5.91 Å². The van der Waals surface area contributed by atoms with Gasteiger partial charge in [-0.2, -0.15) is 0 Å². The van der Waals surface area contributed by atoms with Crippen LogP contribution in [0, 0.1) is 13.8 Å². The third kappa shape index (κ3) is 3.45. The van der Waals surface area contributed by atoms with Gasteiger partial charge in [-0.1, -0.05) is 17.3 Å². The van der Waals surface area contributed by atoms with E-state index >= 15 is 0 Å². The molecule has 0 aliphatic heterocycles. The summed E-state index contributed by atoms with van der Waals surface area (Å²) in [5, 5.41) is 15.6. The van der Waals surface area contributed by atoms with Crippen molar-refractivity contribution < 1.29 is 14.4 Å². The largest absolute Gasteiger partial charge is 0.392 e. The van der Waals surface area contributed by atoms with E-state index in [0.29, 0.717) is 12.8 Å². The van der Waals surface area contributed by atoms with Crippen molar-refractivity contribution in [3.63, 3.8) is 0 Å². The molecular formula is C15H18N2O3. The van der Waals surface area contributed by atoms with Crippen LogP contribution >= 0.6 is 0 Å². The Morgan fingerprint density at radius 2 is 2.00 bits per heavy atom. The Morgan fingerprint density at radius 3 is 2.55 bits per heavy atom. The topological polar surface area (TPSA) is 75.4 Å². The van der Waals surface area contributed by atoms with Crippen LogP contribution < -0.4 is 5.32 Å². The lowest BCUT2D eigenvalue weighted by Crippen LogP contribution is -2.12. The number of carbonyl (C=O) groups excluding carboxylic acids is 1. The summed E-state index contributed by atoms with van der Waals surface area (Å²) in [6.45, 7) is 3.72. The number of hydrogen-bond donors (Lipinski definition) is 2. The van der Waals surface area contributed by atoms with Crippen molar-refractivity contribution >= 4 is 11.6 Å². The molecule has 2 rings (SSSR count). The number of aromatic nitrogens is 1. The zero-order valence-electron chi connectivity index (χ0n) is 11.6. The first-order chi connectivity index (χ1) is 9.60. The Morgan fingerprint density at radius 1 is 1.30 bits per heavy atom. The summed E-state index contributed by atoms with van der Waals surface area (Å²) in [4.78, 5) is 11.9. The van der Waals surface area contributed by atoms with Crippen LogP contribution in [0.1, 0.15) is 29.0 Å². The van der Waals surface area contributed by atoms with E-state index in [0.717, 1.165) is 28.3 Å². The molecule has 2 aromatic rings. The van der Waals surface area contributed by atoms with E-state index in [1.54, 1.807) is 24.3 Å². The highest BCUT2D eigenvalue weighted by Crippen LogP contribution is 2.15. The molecule has 0 saturated heterocycles. The summed E-state index contributed by atoms with van der Waals surface area (Å²) in [6.07, 6.45) is 0.992. The zero-order valence-corrected chi connectivity index (χ0v) is 11.6. The van der Waals surface area contributed by atoms with Crippen LogP contribution in [0.5, 0.6) is 0 Å². The number of aliphatic hydroxyl groups excluding tert-OH is 1. The van der Waals surface area contributed by atoms with Crippen molar-refractivity contribution in [2.24, 2.45) is 0 Å².